The third-order valence-corrected chi connectivity index (χ3v) is 4.66. The van der Waals surface area contributed by atoms with Crippen LogP contribution in [0.3, 0.4) is 0 Å². The van der Waals surface area contributed by atoms with Gasteiger partial charge in [-0.3, -0.25) is 9.48 Å². The lowest BCUT2D eigenvalue weighted by Gasteiger charge is -2.07. The fraction of sp³-hybridized carbons (Fsp3) is 0.158. The van der Waals surface area contributed by atoms with E-state index in [1.165, 1.54) is 0 Å². The van der Waals surface area contributed by atoms with Gasteiger partial charge in [-0.2, -0.15) is 10.2 Å². The molecule has 0 unspecified atom stereocenters. The van der Waals surface area contributed by atoms with Crippen molar-refractivity contribution in [2.75, 3.05) is 5.32 Å². The zero-order valence-electron chi connectivity index (χ0n) is 15.1. The first-order valence-corrected chi connectivity index (χ1v) is 8.73. The van der Waals surface area contributed by atoms with Gasteiger partial charge >= 0.3 is 0 Å². The lowest BCUT2D eigenvalue weighted by molar-refractivity contribution is 0.102. The molecule has 1 N–H and O–H groups in total. The first-order chi connectivity index (χ1) is 12.9. The largest absolute Gasteiger partial charge is 0.320 e. The number of carbonyl (C=O) groups excluding carboxylic acids is 1. The number of hydrogen-bond acceptors (Lipinski definition) is 4. The summed E-state index contributed by atoms with van der Waals surface area (Å²) in [5, 5.41) is 13.1. The number of carbonyl (C=O) groups is 1. The van der Waals surface area contributed by atoms with E-state index >= 15 is 0 Å². The van der Waals surface area contributed by atoms with Gasteiger partial charge in [-0.05, 0) is 38.1 Å². The third-order valence-electron chi connectivity index (χ3n) is 4.43. The van der Waals surface area contributed by atoms with Crippen LogP contribution in [-0.2, 0) is 7.05 Å². The SMILES string of the molecule is Cc1nn(C)c2ncc(NC(=O)c3cnn(-c4cccc(Cl)c4)c3C)cc12. The summed E-state index contributed by atoms with van der Waals surface area (Å²) >= 11 is 6.05. The topological polar surface area (TPSA) is 77.6 Å². The van der Waals surface area contributed by atoms with E-state index in [2.05, 4.69) is 20.5 Å². The first kappa shape index (κ1) is 17.2. The highest BCUT2D eigenvalue weighted by atomic mass is 35.5. The molecule has 4 aromatic rings. The van der Waals surface area contributed by atoms with Gasteiger partial charge < -0.3 is 5.32 Å². The number of pyridine rings is 1. The molecule has 8 heteroatoms. The van der Waals surface area contributed by atoms with Crippen molar-refractivity contribution >= 4 is 34.2 Å². The van der Waals surface area contributed by atoms with Crippen molar-refractivity contribution in [3.05, 3.63) is 64.7 Å². The summed E-state index contributed by atoms with van der Waals surface area (Å²) in [4.78, 5) is 17.1. The average Bonchev–Trinajstić information content (AvgIpc) is 3.15. The molecule has 0 saturated heterocycles. The highest BCUT2D eigenvalue weighted by Crippen LogP contribution is 2.21. The second-order valence-electron chi connectivity index (χ2n) is 6.29. The molecular weight excluding hydrogens is 364 g/mol. The Morgan fingerprint density at radius 1 is 1.19 bits per heavy atom. The van der Waals surface area contributed by atoms with Crippen molar-refractivity contribution in [3.63, 3.8) is 0 Å². The first-order valence-electron chi connectivity index (χ1n) is 8.35. The highest BCUT2D eigenvalue weighted by Gasteiger charge is 2.16. The normalized spacial score (nSPS) is 11.1. The number of hydrogen-bond donors (Lipinski definition) is 1. The van der Waals surface area contributed by atoms with Crippen LogP contribution in [-0.4, -0.2) is 30.5 Å². The predicted octanol–water partition coefficient (Wildman–Crippen LogP) is 3.68. The van der Waals surface area contributed by atoms with Gasteiger partial charge in [0.2, 0.25) is 0 Å². The van der Waals surface area contributed by atoms with E-state index < -0.39 is 0 Å². The van der Waals surface area contributed by atoms with E-state index in [1.54, 1.807) is 33.9 Å². The van der Waals surface area contributed by atoms with Crippen molar-refractivity contribution in [1.82, 2.24) is 24.5 Å². The average molecular weight is 381 g/mol. The van der Waals surface area contributed by atoms with E-state index in [1.807, 2.05) is 39.1 Å². The number of nitrogens with one attached hydrogen (secondary N) is 1. The van der Waals surface area contributed by atoms with Crippen LogP contribution in [0.15, 0.2) is 42.7 Å². The molecule has 3 aromatic heterocycles. The number of anilines is 1. The summed E-state index contributed by atoms with van der Waals surface area (Å²) in [5.74, 6) is -0.247. The Balaban J connectivity index is 1.63. The maximum Gasteiger partial charge on any atom is 0.259 e. The lowest BCUT2D eigenvalue weighted by atomic mass is 10.2. The zero-order chi connectivity index (χ0) is 19.1. The van der Waals surface area contributed by atoms with E-state index in [0.717, 1.165) is 28.1 Å². The number of benzene rings is 1. The number of aryl methyl sites for hydroxylation is 2. The van der Waals surface area contributed by atoms with Crippen LogP contribution >= 0.6 is 11.6 Å². The summed E-state index contributed by atoms with van der Waals surface area (Å²) < 4.78 is 3.41. The zero-order valence-corrected chi connectivity index (χ0v) is 15.8. The summed E-state index contributed by atoms with van der Waals surface area (Å²) in [6.45, 7) is 3.75. The van der Waals surface area contributed by atoms with E-state index in [9.17, 15) is 4.79 Å². The Labute approximate surface area is 160 Å². The monoisotopic (exact) mass is 380 g/mol. The Bertz CT molecular complexity index is 1180. The Hall–Kier alpha value is -3.19. The van der Waals surface area contributed by atoms with Gasteiger partial charge in [-0.1, -0.05) is 17.7 Å². The smallest absolute Gasteiger partial charge is 0.259 e. The molecule has 0 radical (unpaired) electrons. The van der Waals surface area contributed by atoms with Crippen LogP contribution in [0.1, 0.15) is 21.7 Å². The van der Waals surface area contributed by atoms with Crippen molar-refractivity contribution in [3.8, 4) is 5.69 Å². The van der Waals surface area contributed by atoms with Crippen molar-refractivity contribution in [2.24, 2.45) is 7.05 Å². The van der Waals surface area contributed by atoms with Gasteiger partial charge in [0.05, 0.1) is 40.7 Å². The van der Waals surface area contributed by atoms with Gasteiger partial charge in [0.25, 0.3) is 5.91 Å². The van der Waals surface area contributed by atoms with Crippen LogP contribution in [0.4, 0.5) is 5.69 Å². The van der Waals surface area contributed by atoms with Crippen LogP contribution in [0.2, 0.25) is 5.02 Å². The number of rotatable bonds is 3. The van der Waals surface area contributed by atoms with Gasteiger partial charge in [-0.15, -0.1) is 0 Å². The molecule has 1 amide bonds. The van der Waals surface area contributed by atoms with E-state index in [-0.39, 0.29) is 5.91 Å². The fourth-order valence-electron chi connectivity index (χ4n) is 3.08. The van der Waals surface area contributed by atoms with Crippen LogP contribution in [0.25, 0.3) is 16.7 Å². The van der Waals surface area contributed by atoms with E-state index in [4.69, 9.17) is 11.6 Å². The molecule has 0 aliphatic carbocycles. The second kappa shape index (κ2) is 6.51. The molecule has 0 spiro atoms. The summed E-state index contributed by atoms with van der Waals surface area (Å²) in [6, 6.07) is 9.19. The summed E-state index contributed by atoms with van der Waals surface area (Å²) in [6.07, 6.45) is 3.17. The summed E-state index contributed by atoms with van der Waals surface area (Å²) in [5.41, 5.74) is 4.25. The molecule has 27 heavy (non-hydrogen) atoms. The number of halogens is 1. The van der Waals surface area contributed by atoms with Crippen molar-refractivity contribution < 1.29 is 4.79 Å². The number of aromatic nitrogens is 5. The molecule has 4 rings (SSSR count). The van der Waals surface area contributed by atoms with Gasteiger partial charge in [-0.25, -0.2) is 9.67 Å². The molecule has 0 bridgehead atoms. The van der Waals surface area contributed by atoms with Crippen LogP contribution < -0.4 is 5.32 Å². The number of nitrogens with zero attached hydrogens (tertiary/aromatic N) is 5. The lowest BCUT2D eigenvalue weighted by Crippen LogP contribution is -2.13. The number of amides is 1. The molecule has 0 aliphatic rings. The van der Waals surface area contributed by atoms with Crippen molar-refractivity contribution in [2.45, 2.75) is 13.8 Å². The minimum Gasteiger partial charge on any atom is -0.320 e. The maximum atomic E-state index is 12.7. The van der Waals surface area contributed by atoms with Crippen LogP contribution in [0, 0.1) is 13.8 Å². The Morgan fingerprint density at radius 2 is 2.00 bits per heavy atom. The maximum absolute atomic E-state index is 12.7. The molecule has 0 atom stereocenters. The quantitative estimate of drug-likeness (QED) is 0.588. The minimum atomic E-state index is -0.247. The predicted molar refractivity (Wildman–Crippen MR) is 105 cm³/mol. The standard InChI is InChI=1S/C19H17ClN6O/c1-11-16-8-14(9-21-18(16)25(3)24-11)23-19(27)17-10-22-26(12(17)2)15-6-4-5-13(20)7-15/h4-10H,1-3H3,(H,23,27). The van der Waals surface area contributed by atoms with Crippen molar-refractivity contribution in [1.29, 1.82) is 0 Å². The Kier molecular flexibility index (Phi) is 4.16. The van der Waals surface area contributed by atoms with Gasteiger partial charge in [0.1, 0.15) is 0 Å². The Morgan fingerprint density at radius 3 is 2.78 bits per heavy atom. The second-order valence-corrected chi connectivity index (χ2v) is 6.73. The molecule has 136 valence electrons. The fourth-order valence-corrected chi connectivity index (χ4v) is 3.26. The molecule has 7 nitrogen and oxygen atoms in total. The molecule has 0 aliphatic heterocycles. The highest BCUT2D eigenvalue weighted by molar-refractivity contribution is 6.30. The molecule has 3 heterocycles. The van der Waals surface area contributed by atoms with Gasteiger partial charge in [0.15, 0.2) is 5.65 Å². The molecule has 1 aromatic carbocycles. The van der Waals surface area contributed by atoms with Crippen LogP contribution in [0.5, 0.6) is 0 Å². The van der Waals surface area contributed by atoms with E-state index in [0.29, 0.717) is 16.3 Å². The molecular formula is C19H17ClN6O. The molecule has 0 saturated carbocycles. The minimum absolute atomic E-state index is 0.247. The summed E-state index contributed by atoms with van der Waals surface area (Å²) in [7, 11) is 1.84. The molecule has 0 fully saturated rings. The van der Waals surface area contributed by atoms with Gasteiger partial charge in [0, 0.05) is 17.5 Å². The third kappa shape index (κ3) is 3.06. The number of fused-ring (bicyclic) bond motifs is 1.